The number of hydrogen-bond acceptors (Lipinski definition) is 2. The molecule has 0 unspecified atom stereocenters. The molecule has 0 heterocycles. The highest BCUT2D eigenvalue weighted by Gasteiger charge is 2.20. The molecule has 0 saturated carbocycles. The Hall–Kier alpha value is -0.0800. The first-order valence-electron chi connectivity index (χ1n) is 3.73. The summed E-state index contributed by atoms with van der Waals surface area (Å²) < 4.78 is 0. The van der Waals surface area contributed by atoms with Crippen molar-refractivity contribution in [3.63, 3.8) is 0 Å². The van der Waals surface area contributed by atoms with Crippen molar-refractivity contribution in [2.75, 3.05) is 13.7 Å². The maximum Gasteiger partial charge on any atom is 0.0584 e. The average Bonchev–Trinajstić information content (AvgIpc) is 1.83. The molecule has 10 heavy (non-hydrogen) atoms. The number of nitrogens with zero attached hydrogens (tertiary/aromatic N) is 1. The van der Waals surface area contributed by atoms with Gasteiger partial charge in [0.2, 0.25) is 0 Å². The maximum absolute atomic E-state index is 8.83. The number of likely N-dealkylation sites (N-methyl/N-ethyl adjacent to an activating group) is 1. The van der Waals surface area contributed by atoms with E-state index in [2.05, 4.69) is 25.7 Å². The molecular formula is C8H19NO. The molecule has 1 atom stereocenters. The van der Waals surface area contributed by atoms with E-state index in [1.165, 1.54) is 0 Å². The first kappa shape index (κ1) is 9.92. The summed E-state index contributed by atoms with van der Waals surface area (Å²) in [5, 5.41) is 8.83. The third kappa shape index (κ3) is 2.67. The van der Waals surface area contributed by atoms with E-state index in [9.17, 15) is 0 Å². The SMILES string of the molecule is C[C@H](CO)N(C)C(C)(C)C. The molecule has 2 heteroatoms. The topological polar surface area (TPSA) is 23.5 Å². The fourth-order valence-electron chi connectivity index (χ4n) is 0.784. The minimum Gasteiger partial charge on any atom is -0.395 e. The van der Waals surface area contributed by atoms with Crippen LogP contribution in [0.15, 0.2) is 0 Å². The Kier molecular flexibility index (Phi) is 3.33. The largest absolute Gasteiger partial charge is 0.395 e. The molecular weight excluding hydrogens is 126 g/mol. The van der Waals surface area contributed by atoms with E-state index in [4.69, 9.17) is 5.11 Å². The summed E-state index contributed by atoms with van der Waals surface area (Å²) in [5.74, 6) is 0. The van der Waals surface area contributed by atoms with Gasteiger partial charge in [-0.2, -0.15) is 0 Å². The standard InChI is InChI=1S/C8H19NO/c1-7(6-10)9(5)8(2,3)4/h7,10H,6H2,1-5H3/t7-/m1/s1. The lowest BCUT2D eigenvalue weighted by atomic mass is 10.1. The predicted molar refractivity (Wildman–Crippen MR) is 44.1 cm³/mol. The van der Waals surface area contributed by atoms with Crippen molar-refractivity contribution in [1.82, 2.24) is 4.90 Å². The molecule has 0 amide bonds. The number of aliphatic hydroxyl groups excluding tert-OH is 1. The van der Waals surface area contributed by atoms with Crippen molar-refractivity contribution in [3.8, 4) is 0 Å². The van der Waals surface area contributed by atoms with Crippen molar-refractivity contribution in [2.45, 2.75) is 39.3 Å². The Morgan fingerprint density at radius 3 is 1.90 bits per heavy atom. The molecule has 1 N–H and O–H groups in total. The zero-order valence-corrected chi connectivity index (χ0v) is 7.68. The van der Waals surface area contributed by atoms with Crippen LogP contribution >= 0.6 is 0 Å². The third-order valence-corrected chi connectivity index (χ3v) is 1.98. The third-order valence-electron chi connectivity index (χ3n) is 1.98. The lowest BCUT2D eigenvalue weighted by molar-refractivity contribution is 0.0823. The molecule has 0 saturated heterocycles. The van der Waals surface area contributed by atoms with Crippen LogP contribution in [0.4, 0.5) is 0 Å². The summed E-state index contributed by atoms with van der Waals surface area (Å²) in [4.78, 5) is 2.16. The van der Waals surface area contributed by atoms with Gasteiger partial charge in [0.15, 0.2) is 0 Å². The van der Waals surface area contributed by atoms with Crippen LogP contribution in [0.3, 0.4) is 0 Å². The summed E-state index contributed by atoms with van der Waals surface area (Å²) in [7, 11) is 2.03. The van der Waals surface area contributed by atoms with Gasteiger partial charge in [-0.1, -0.05) is 0 Å². The van der Waals surface area contributed by atoms with Crippen LogP contribution in [-0.4, -0.2) is 35.2 Å². The zero-order chi connectivity index (χ0) is 8.36. The van der Waals surface area contributed by atoms with Gasteiger partial charge in [0.05, 0.1) is 6.61 Å². The van der Waals surface area contributed by atoms with Gasteiger partial charge in [0.25, 0.3) is 0 Å². The number of hydrogen-bond donors (Lipinski definition) is 1. The molecule has 0 aliphatic heterocycles. The van der Waals surface area contributed by atoms with Gasteiger partial charge in [-0.15, -0.1) is 0 Å². The summed E-state index contributed by atoms with van der Waals surface area (Å²) in [6.45, 7) is 8.66. The van der Waals surface area contributed by atoms with Crippen LogP contribution in [0.5, 0.6) is 0 Å². The molecule has 0 fully saturated rings. The smallest absolute Gasteiger partial charge is 0.0584 e. The monoisotopic (exact) mass is 145 g/mol. The van der Waals surface area contributed by atoms with Crippen molar-refractivity contribution in [1.29, 1.82) is 0 Å². The first-order valence-corrected chi connectivity index (χ1v) is 3.73. The Morgan fingerprint density at radius 1 is 1.40 bits per heavy atom. The highest BCUT2D eigenvalue weighted by Crippen LogP contribution is 2.13. The van der Waals surface area contributed by atoms with E-state index in [1.54, 1.807) is 0 Å². The van der Waals surface area contributed by atoms with Gasteiger partial charge in [-0.05, 0) is 34.7 Å². The molecule has 0 spiro atoms. The van der Waals surface area contributed by atoms with E-state index < -0.39 is 0 Å². The fourth-order valence-corrected chi connectivity index (χ4v) is 0.784. The normalized spacial score (nSPS) is 15.9. The first-order chi connectivity index (χ1) is 4.39. The molecule has 0 rings (SSSR count). The van der Waals surface area contributed by atoms with Crippen LogP contribution in [0, 0.1) is 0 Å². The van der Waals surface area contributed by atoms with Crippen molar-refractivity contribution in [2.24, 2.45) is 0 Å². The molecule has 2 nitrogen and oxygen atoms in total. The van der Waals surface area contributed by atoms with E-state index in [0.717, 1.165) is 0 Å². The lowest BCUT2D eigenvalue weighted by Crippen LogP contribution is -2.45. The summed E-state index contributed by atoms with van der Waals surface area (Å²) >= 11 is 0. The van der Waals surface area contributed by atoms with Gasteiger partial charge in [0.1, 0.15) is 0 Å². The minimum atomic E-state index is 0.155. The van der Waals surface area contributed by atoms with Crippen molar-refractivity contribution < 1.29 is 5.11 Å². The second-order valence-electron chi connectivity index (χ2n) is 3.81. The zero-order valence-electron chi connectivity index (χ0n) is 7.68. The maximum atomic E-state index is 8.83. The summed E-state index contributed by atoms with van der Waals surface area (Å²) in [6.07, 6.45) is 0. The van der Waals surface area contributed by atoms with E-state index in [-0.39, 0.29) is 18.2 Å². The Labute approximate surface area is 63.8 Å². The van der Waals surface area contributed by atoms with E-state index in [1.807, 2.05) is 14.0 Å². The molecule has 0 aromatic carbocycles. The second-order valence-corrected chi connectivity index (χ2v) is 3.81. The van der Waals surface area contributed by atoms with Gasteiger partial charge in [-0.25, -0.2) is 0 Å². The predicted octanol–water partition coefficient (Wildman–Crippen LogP) is 1.10. The molecule has 62 valence electrons. The fraction of sp³-hybridized carbons (Fsp3) is 1.00. The average molecular weight is 145 g/mol. The Morgan fingerprint density at radius 2 is 1.80 bits per heavy atom. The number of rotatable bonds is 2. The highest BCUT2D eigenvalue weighted by molar-refractivity contribution is 4.76. The van der Waals surface area contributed by atoms with Gasteiger partial charge >= 0.3 is 0 Å². The molecule has 0 aromatic rings. The van der Waals surface area contributed by atoms with Crippen LogP contribution in [0.25, 0.3) is 0 Å². The second kappa shape index (κ2) is 3.35. The van der Waals surface area contributed by atoms with Gasteiger partial charge < -0.3 is 5.11 Å². The quantitative estimate of drug-likeness (QED) is 0.629. The Bertz CT molecular complexity index is 95.9. The van der Waals surface area contributed by atoms with Crippen LogP contribution in [0.2, 0.25) is 0 Å². The van der Waals surface area contributed by atoms with Crippen LogP contribution in [0.1, 0.15) is 27.7 Å². The summed E-state index contributed by atoms with van der Waals surface area (Å²) in [6, 6.07) is 0.250. The molecule has 0 aromatic heterocycles. The van der Waals surface area contributed by atoms with Gasteiger partial charge in [0, 0.05) is 11.6 Å². The van der Waals surface area contributed by atoms with E-state index >= 15 is 0 Å². The number of aliphatic hydroxyl groups is 1. The highest BCUT2D eigenvalue weighted by atomic mass is 16.3. The van der Waals surface area contributed by atoms with E-state index in [0.29, 0.717) is 0 Å². The lowest BCUT2D eigenvalue weighted by Gasteiger charge is -2.36. The minimum absolute atomic E-state index is 0.155. The summed E-state index contributed by atoms with van der Waals surface area (Å²) in [5.41, 5.74) is 0.155. The molecule has 0 radical (unpaired) electrons. The van der Waals surface area contributed by atoms with Crippen molar-refractivity contribution in [3.05, 3.63) is 0 Å². The Balaban J connectivity index is 3.94. The van der Waals surface area contributed by atoms with Gasteiger partial charge in [-0.3, -0.25) is 4.90 Å². The molecule has 0 aliphatic rings. The molecule has 0 bridgehead atoms. The van der Waals surface area contributed by atoms with Crippen molar-refractivity contribution >= 4 is 0 Å². The van der Waals surface area contributed by atoms with Crippen LogP contribution in [-0.2, 0) is 0 Å². The van der Waals surface area contributed by atoms with Crippen LogP contribution < -0.4 is 0 Å². The molecule has 0 aliphatic carbocycles.